The molecule has 0 fully saturated rings. The normalized spacial score (nSPS) is 25.6. The number of amides is 1. The van der Waals surface area contributed by atoms with Crippen molar-refractivity contribution in [3.05, 3.63) is 58.7 Å². The van der Waals surface area contributed by atoms with E-state index >= 15 is 0 Å². The molecule has 1 aromatic rings. The highest BCUT2D eigenvalue weighted by atomic mass is 19.4. The van der Waals surface area contributed by atoms with Crippen LogP contribution in [-0.2, 0) is 10.3 Å². The van der Waals surface area contributed by atoms with Crippen LogP contribution < -0.4 is 5.73 Å². The first-order valence-electron chi connectivity index (χ1n) is 9.00. The number of nitrogens with two attached hydrogens (primary N) is 1. The predicted molar refractivity (Wildman–Crippen MR) is 98.4 cm³/mol. The van der Waals surface area contributed by atoms with Crippen LogP contribution in [0.25, 0.3) is 0 Å². The lowest BCUT2D eigenvalue weighted by atomic mass is 9.81. The third kappa shape index (κ3) is 4.22. The Morgan fingerprint density at radius 2 is 1.83 bits per heavy atom. The summed E-state index contributed by atoms with van der Waals surface area (Å²) in [7, 11) is 1.47. The second-order valence-electron chi connectivity index (χ2n) is 7.60. The first kappa shape index (κ1) is 21.9. The van der Waals surface area contributed by atoms with Crippen molar-refractivity contribution in [3.63, 3.8) is 0 Å². The van der Waals surface area contributed by atoms with Crippen molar-refractivity contribution in [3.8, 4) is 0 Å². The van der Waals surface area contributed by atoms with Gasteiger partial charge in [-0.15, -0.1) is 0 Å². The molecule has 1 amide bonds. The number of hydrogen-bond donors (Lipinski definition) is 1. The zero-order chi connectivity index (χ0) is 22.5. The van der Waals surface area contributed by atoms with Gasteiger partial charge in [0, 0.05) is 18.5 Å². The summed E-state index contributed by atoms with van der Waals surface area (Å²) in [5.74, 6) is -1.44. The Morgan fingerprint density at radius 3 is 2.40 bits per heavy atom. The maximum atomic E-state index is 13.2. The Balaban J connectivity index is 2.03. The number of carbonyl (C=O) groups excluding carboxylic acids is 1. The van der Waals surface area contributed by atoms with E-state index in [4.69, 9.17) is 5.73 Å². The lowest BCUT2D eigenvalue weighted by molar-refractivity contribution is -0.128. The molecule has 2 atom stereocenters. The van der Waals surface area contributed by atoms with E-state index in [1.165, 1.54) is 30.1 Å². The number of allylic oxidation sites excluding steroid dienone is 4. The number of benzene rings is 1. The van der Waals surface area contributed by atoms with Crippen LogP contribution in [0.15, 0.2) is 52.6 Å². The van der Waals surface area contributed by atoms with Crippen molar-refractivity contribution in [1.82, 2.24) is 4.90 Å². The molecule has 0 saturated heterocycles. The van der Waals surface area contributed by atoms with Gasteiger partial charge in [-0.25, -0.2) is 4.99 Å². The zero-order valence-corrected chi connectivity index (χ0v) is 16.1. The minimum atomic E-state index is -4.90. The van der Waals surface area contributed by atoms with Gasteiger partial charge in [0.05, 0.1) is 17.5 Å². The van der Waals surface area contributed by atoms with Crippen molar-refractivity contribution in [2.75, 3.05) is 7.05 Å². The molecule has 10 heteroatoms. The van der Waals surface area contributed by atoms with E-state index in [1.54, 1.807) is 13.0 Å². The van der Waals surface area contributed by atoms with E-state index in [0.29, 0.717) is 5.56 Å². The van der Waals surface area contributed by atoms with E-state index in [-0.39, 0.29) is 29.9 Å². The minimum Gasteiger partial charge on any atom is -0.369 e. The summed E-state index contributed by atoms with van der Waals surface area (Å²) in [5.41, 5.74) is 2.89. The number of halogens is 6. The average molecular weight is 431 g/mol. The molecule has 3 rings (SSSR count). The second kappa shape index (κ2) is 7.17. The number of carbonyl (C=O) groups is 1. The summed E-state index contributed by atoms with van der Waals surface area (Å²) in [6.07, 6.45) is -9.47. The van der Waals surface area contributed by atoms with Crippen LogP contribution in [-0.4, -0.2) is 36.2 Å². The van der Waals surface area contributed by atoms with E-state index in [2.05, 4.69) is 4.99 Å². The number of rotatable bonds is 2. The van der Waals surface area contributed by atoms with Gasteiger partial charge < -0.3 is 5.73 Å². The zero-order valence-electron chi connectivity index (χ0n) is 16.1. The second-order valence-corrected chi connectivity index (χ2v) is 7.60. The molecule has 0 aromatic heterocycles. The maximum absolute atomic E-state index is 13.2. The molecule has 2 N–H and O–H groups in total. The largest absolute Gasteiger partial charge is 0.416 e. The van der Waals surface area contributed by atoms with Gasteiger partial charge in [-0.1, -0.05) is 30.3 Å². The first-order valence-corrected chi connectivity index (χ1v) is 9.00. The Bertz CT molecular complexity index is 960. The van der Waals surface area contributed by atoms with Crippen LogP contribution in [0.1, 0.15) is 36.8 Å². The van der Waals surface area contributed by atoms with Crippen molar-refractivity contribution in [2.24, 2.45) is 10.7 Å². The SMILES string of the molecule is CN1C(=O)CC(C)(c2cccc(C3C=C(C(F)(F)F)C=C(C(F)(F)F)C3)c2)N=C1N. The third-order valence-corrected chi connectivity index (χ3v) is 5.35. The summed E-state index contributed by atoms with van der Waals surface area (Å²) >= 11 is 0. The number of hydrogen-bond acceptors (Lipinski definition) is 3. The molecule has 2 unspecified atom stereocenters. The highest BCUT2D eigenvalue weighted by Gasteiger charge is 2.42. The molecule has 4 nitrogen and oxygen atoms in total. The van der Waals surface area contributed by atoms with Gasteiger partial charge in [-0.05, 0) is 30.5 Å². The molecule has 2 aliphatic rings. The summed E-state index contributed by atoms with van der Waals surface area (Å²) in [5, 5.41) is 0. The van der Waals surface area contributed by atoms with Crippen molar-refractivity contribution < 1.29 is 31.1 Å². The smallest absolute Gasteiger partial charge is 0.369 e. The van der Waals surface area contributed by atoms with Gasteiger partial charge >= 0.3 is 12.4 Å². The van der Waals surface area contributed by atoms with Crippen molar-refractivity contribution in [2.45, 2.75) is 43.6 Å². The molecule has 1 aliphatic carbocycles. The molecule has 0 saturated carbocycles. The lowest BCUT2D eigenvalue weighted by Gasteiger charge is -2.34. The van der Waals surface area contributed by atoms with E-state index < -0.39 is 41.4 Å². The molecule has 0 spiro atoms. The Labute approximate surface area is 168 Å². The molecule has 0 radical (unpaired) electrons. The lowest BCUT2D eigenvalue weighted by Crippen LogP contribution is -2.47. The van der Waals surface area contributed by atoms with Gasteiger partial charge in [-0.2, -0.15) is 26.3 Å². The molecular formula is C20H19F6N3O. The van der Waals surface area contributed by atoms with E-state index in [9.17, 15) is 31.1 Å². The van der Waals surface area contributed by atoms with Crippen LogP contribution in [0.4, 0.5) is 26.3 Å². The fraction of sp³-hybridized carbons (Fsp3) is 0.400. The summed E-state index contributed by atoms with van der Waals surface area (Å²) in [6, 6.07) is 6.10. The van der Waals surface area contributed by atoms with Gasteiger partial charge in [0.15, 0.2) is 5.96 Å². The van der Waals surface area contributed by atoms with Gasteiger partial charge in [0.1, 0.15) is 0 Å². The van der Waals surface area contributed by atoms with E-state index in [1.807, 2.05) is 0 Å². The Morgan fingerprint density at radius 1 is 1.17 bits per heavy atom. The summed E-state index contributed by atoms with van der Waals surface area (Å²) < 4.78 is 79.2. The predicted octanol–water partition coefficient (Wildman–Crippen LogP) is 4.54. The maximum Gasteiger partial charge on any atom is 0.416 e. The standard InChI is InChI=1S/C20H19F6N3O/c1-18(10-16(30)29(2)17(27)28-18)13-5-3-4-11(6-13)12-7-14(19(21,22)23)9-15(8-12)20(24,25)26/h3-7,9,12H,8,10H2,1-2H3,(H2,27,28). The quantitative estimate of drug-likeness (QED) is 0.699. The van der Waals surface area contributed by atoms with Crippen LogP contribution in [0.2, 0.25) is 0 Å². The highest BCUT2D eigenvalue weighted by molar-refractivity contribution is 5.98. The number of alkyl halides is 6. The highest BCUT2D eigenvalue weighted by Crippen LogP contribution is 2.44. The molecular weight excluding hydrogens is 412 g/mol. The van der Waals surface area contributed by atoms with Gasteiger partial charge in [-0.3, -0.25) is 9.69 Å². The molecule has 0 bridgehead atoms. The average Bonchev–Trinajstić information content (AvgIpc) is 2.64. The Kier molecular flexibility index (Phi) is 5.24. The molecule has 1 aliphatic heterocycles. The number of nitrogens with zero attached hydrogens (tertiary/aromatic N) is 2. The van der Waals surface area contributed by atoms with Crippen LogP contribution in [0, 0.1) is 0 Å². The number of guanidine groups is 1. The third-order valence-electron chi connectivity index (χ3n) is 5.35. The fourth-order valence-corrected chi connectivity index (χ4v) is 3.57. The molecule has 30 heavy (non-hydrogen) atoms. The monoisotopic (exact) mass is 431 g/mol. The van der Waals surface area contributed by atoms with Crippen LogP contribution in [0.5, 0.6) is 0 Å². The molecule has 162 valence electrons. The van der Waals surface area contributed by atoms with Crippen LogP contribution in [0.3, 0.4) is 0 Å². The molecule has 1 aromatic carbocycles. The van der Waals surface area contributed by atoms with Crippen molar-refractivity contribution >= 4 is 11.9 Å². The summed E-state index contributed by atoms with van der Waals surface area (Å²) in [4.78, 5) is 17.7. The van der Waals surface area contributed by atoms with Gasteiger partial charge in [0.25, 0.3) is 0 Å². The van der Waals surface area contributed by atoms with Crippen LogP contribution >= 0.6 is 0 Å². The van der Waals surface area contributed by atoms with Gasteiger partial charge in [0.2, 0.25) is 5.91 Å². The van der Waals surface area contributed by atoms with E-state index in [0.717, 1.165) is 6.08 Å². The summed E-state index contributed by atoms with van der Waals surface area (Å²) in [6.45, 7) is 1.64. The van der Waals surface area contributed by atoms with Crippen molar-refractivity contribution in [1.29, 1.82) is 0 Å². The topological polar surface area (TPSA) is 58.7 Å². The Hall–Kier alpha value is -2.78. The molecule has 1 heterocycles. The first-order chi connectivity index (χ1) is 13.7. The fourth-order valence-electron chi connectivity index (χ4n) is 3.57. The minimum absolute atomic E-state index is 0.0154. The number of aliphatic imine (C=N–C) groups is 1.